The number of nitrogens with one attached hydrogen (secondary N) is 2. The first-order chi connectivity index (χ1) is 13.6. The Morgan fingerprint density at radius 3 is 2.83 bits per heavy atom. The molecule has 0 amide bonds. The van der Waals surface area contributed by atoms with Crippen LogP contribution in [0.3, 0.4) is 0 Å². The standard InChI is InChI=1S/C22H36N4O2.HI/c1-17(2)27-15-13-26-11-7-20(8-12-26)25-22(23-3)24-10-6-18-4-5-21-19(16-18)9-14-28-21;/h4-5,16-17,20H,6-15H2,1-3H3,(H2,23,24,25);1H. The molecule has 2 aliphatic rings. The third kappa shape index (κ3) is 7.94. The Morgan fingerprint density at radius 2 is 2.10 bits per heavy atom. The van der Waals surface area contributed by atoms with E-state index in [2.05, 4.69) is 52.6 Å². The van der Waals surface area contributed by atoms with E-state index >= 15 is 0 Å². The molecule has 0 bridgehead atoms. The van der Waals surface area contributed by atoms with Crippen molar-refractivity contribution in [3.63, 3.8) is 0 Å². The number of fused-ring (bicyclic) bond motifs is 1. The van der Waals surface area contributed by atoms with E-state index in [0.29, 0.717) is 12.1 Å². The average Bonchev–Trinajstić information content (AvgIpc) is 3.16. The van der Waals surface area contributed by atoms with Gasteiger partial charge in [-0.15, -0.1) is 24.0 Å². The third-order valence-corrected chi connectivity index (χ3v) is 5.47. The normalized spacial score (nSPS) is 17.6. The van der Waals surface area contributed by atoms with Gasteiger partial charge in [0.05, 0.1) is 19.3 Å². The number of benzene rings is 1. The Morgan fingerprint density at radius 1 is 1.31 bits per heavy atom. The van der Waals surface area contributed by atoms with Crippen molar-refractivity contribution in [3.8, 4) is 5.75 Å². The lowest BCUT2D eigenvalue weighted by Gasteiger charge is -2.33. The van der Waals surface area contributed by atoms with Crippen LogP contribution in [0.4, 0.5) is 0 Å². The fourth-order valence-electron chi connectivity index (χ4n) is 3.83. The van der Waals surface area contributed by atoms with Crippen LogP contribution in [0.1, 0.15) is 37.8 Å². The highest BCUT2D eigenvalue weighted by atomic mass is 127. The lowest BCUT2D eigenvalue weighted by Crippen LogP contribution is -2.49. The molecule has 0 unspecified atom stereocenters. The highest BCUT2D eigenvalue weighted by Crippen LogP contribution is 2.25. The largest absolute Gasteiger partial charge is 0.493 e. The van der Waals surface area contributed by atoms with E-state index in [0.717, 1.165) is 76.8 Å². The van der Waals surface area contributed by atoms with Gasteiger partial charge in [-0.25, -0.2) is 0 Å². The van der Waals surface area contributed by atoms with Crippen LogP contribution in [0, 0.1) is 0 Å². The van der Waals surface area contributed by atoms with Crippen molar-refractivity contribution >= 4 is 29.9 Å². The Kier molecular flexibility index (Phi) is 10.5. The number of rotatable bonds is 8. The van der Waals surface area contributed by atoms with Crippen molar-refractivity contribution in [2.24, 2.45) is 4.99 Å². The number of hydrogen-bond donors (Lipinski definition) is 2. The van der Waals surface area contributed by atoms with Crippen LogP contribution in [-0.2, 0) is 17.6 Å². The summed E-state index contributed by atoms with van der Waals surface area (Å²) in [6, 6.07) is 7.04. The highest BCUT2D eigenvalue weighted by molar-refractivity contribution is 14.0. The van der Waals surface area contributed by atoms with Crippen molar-refractivity contribution in [3.05, 3.63) is 29.3 Å². The zero-order valence-corrected chi connectivity index (χ0v) is 20.4. The minimum atomic E-state index is 0. The zero-order valence-electron chi connectivity index (χ0n) is 18.1. The van der Waals surface area contributed by atoms with Crippen molar-refractivity contribution in [1.82, 2.24) is 15.5 Å². The summed E-state index contributed by atoms with van der Waals surface area (Å²) < 4.78 is 11.2. The van der Waals surface area contributed by atoms with Gasteiger partial charge < -0.3 is 25.0 Å². The lowest BCUT2D eigenvalue weighted by atomic mass is 10.1. The van der Waals surface area contributed by atoms with Gasteiger partial charge in [-0.1, -0.05) is 12.1 Å². The first-order valence-corrected chi connectivity index (χ1v) is 10.7. The fraction of sp³-hybridized carbons (Fsp3) is 0.682. The Bertz CT molecular complexity index is 646. The fourth-order valence-corrected chi connectivity index (χ4v) is 3.83. The quantitative estimate of drug-likeness (QED) is 0.316. The molecule has 0 saturated carbocycles. The molecule has 0 aromatic heterocycles. The first kappa shape index (κ1) is 24.2. The van der Waals surface area contributed by atoms with E-state index in [1.165, 1.54) is 11.1 Å². The number of piperidine rings is 1. The van der Waals surface area contributed by atoms with Gasteiger partial charge in [-0.05, 0) is 50.3 Å². The average molecular weight is 516 g/mol. The second-order valence-electron chi connectivity index (χ2n) is 7.97. The summed E-state index contributed by atoms with van der Waals surface area (Å²) in [6.45, 7) is 9.97. The number of hydrogen-bond acceptors (Lipinski definition) is 4. The molecule has 2 N–H and O–H groups in total. The second kappa shape index (κ2) is 12.6. The number of likely N-dealkylation sites (tertiary alicyclic amines) is 1. The van der Waals surface area contributed by atoms with Gasteiger partial charge in [0.25, 0.3) is 0 Å². The molecule has 7 heteroatoms. The Balaban J connectivity index is 0.00000300. The lowest BCUT2D eigenvalue weighted by molar-refractivity contribution is 0.0532. The topological polar surface area (TPSA) is 58.1 Å². The molecule has 1 aromatic carbocycles. The first-order valence-electron chi connectivity index (χ1n) is 10.7. The number of guanidine groups is 1. The minimum absolute atomic E-state index is 0. The third-order valence-electron chi connectivity index (χ3n) is 5.47. The Hall–Kier alpha value is -1.06. The van der Waals surface area contributed by atoms with Crippen molar-refractivity contribution < 1.29 is 9.47 Å². The van der Waals surface area contributed by atoms with E-state index in [9.17, 15) is 0 Å². The van der Waals surface area contributed by atoms with Crippen molar-refractivity contribution in [1.29, 1.82) is 0 Å². The SMILES string of the molecule is CN=C(NCCc1ccc2c(c1)CCO2)NC1CCN(CCOC(C)C)CC1.I. The molecule has 3 rings (SSSR count). The van der Waals surface area contributed by atoms with Crippen LogP contribution in [-0.4, -0.2) is 69.4 Å². The molecule has 0 radical (unpaired) electrons. The molecular weight excluding hydrogens is 479 g/mol. The van der Waals surface area contributed by atoms with Gasteiger partial charge in [0, 0.05) is 45.7 Å². The van der Waals surface area contributed by atoms with Gasteiger partial charge in [-0.3, -0.25) is 4.99 Å². The monoisotopic (exact) mass is 516 g/mol. The van der Waals surface area contributed by atoms with Crippen molar-refractivity contribution in [2.75, 3.05) is 46.4 Å². The van der Waals surface area contributed by atoms with Gasteiger partial charge in [0.2, 0.25) is 0 Å². The molecule has 2 heterocycles. The summed E-state index contributed by atoms with van der Waals surface area (Å²) in [5.74, 6) is 1.96. The van der Waals surface area contributed by atoms with Gasteiger partial charge in [-0.2, -0.15) is 0 Å². The maximum atomic E-state index is 5.67. The second-order valence-corrected chi connectivity index (χ2v) is 7.97. The van der Waals surface area contributed by atoms with Gasteiger partial charge >= 0.3 is 0 Å². The molecule has 0 spiro atoms. The van der Waals surface area contributed by atoms with Crippen LogP contribution < -0.4 is 15.4 Å². The number of halogens is 1. The molecular formula is C22H37IN4O2. The number of ether oxygens (including phenoxy) is 2. The predicted octanol–water partition coefficient (Wildman–Crippen LogP) is 2.84. The predicted molar refractivity (Wildman–Crippen MR) is 130 cm³/mol. The molecule has 164 valence electrons. The smallest absolute Gasteiger partial charge is 0.191 e. The van der Waals surface area contributed by atoms with Crippen LogP contribution in [0.5, 0.6) is 5.75 Å². The molecule has 1 saturated heterocycles. The highest BCUT2D eigenvalue weighted by Gasteiger charge is 2.19. The molecule has 1 aromatic rings. The van der Waals surface area contributed by atoms with Crippen LogP contribution in [0.25, 0.3) is 0 Å². The molecule has 0 aliphatic carbocycles. The molecule has 0 atom stereocenters. The van der Waals surface area contributed by atoms with Crippen LogP contribution in [0.15, 0.2) is 23.2 Å². The summed E-state index contributed by atoms with van der Waals surface area (Å²) in [5.41, 5.74) is 2.69. The van der Waals surface area contributed by atoms with Crippen LogP contribution >= 0.6 is 24.0 Å². The maximum absolute atomic E-state index is 5.67. The van der Waals surface area contributed by atoms with E-state index in [-0.39, 0.29) is 24.0 Å². The molecule has 29 heavy (non-hydrogen) atoms. The van der Waals surface area contributed by atoms with E-state index in [1.807, 2.05) is 7.05 Å². The Labute approximate surface area is 192 Å². The number of nitrogens with zero attached hydrogens (tertiary/aromatic N) is 2. The maximum Gasteiger partial charge on any atom is 0.191 e. The van der Waals surface area contributed by atoms with Crippen molar-refractivity contribution in [2.45, 2.75) is 51.7 Å². The van der Waals surface area contributed by atoms with E-state index in [4.69, 9.17) is 9.47 Å². The zero-order chi connectivity index (χ0) is 19.8. The summed E-state index contributed by atoms with van der Waals surface area (Å²) in [7, 11) is 1.85. The summed E-state index contributed by atoms with van der Waals surface area (Å²) >= 11 is 0. The summed E-state index contributed by atoms with van der Waals surface area (Å²) in [6.07, 6.45) is 4.63. The number of aliphatic imine (C=N–C) groups is 1. The van der Waals surface area contributed by atoms with E-state index in [1.54, 1.807) is 0 Å². The molecule has 1 fully saturated rings. The molecule has 6 nitrogen and oxygen atoms in total. The molecule has 2 aliphatic heterocycles. The van der Waals surface area contributed by atoms with Gasteiger partial charge in [0.1, 0.15) is 5.75 Å². The summed E-state index contributed by atoms with van der Waals surface area (Å²) in [4.78, 5) is 6.89. The van der Waals surface area contributed by atoms with E-state index < -0.39 is 0 Å². The van der Waals surface area contributed by atoms with Gasteiger partial charge in [0.15, 0.2) is 5.96 Å². The van der Waals surface area contributed by atoms with Crippen LogP contribution in [0.2, 0.25) is 0 Å². The minimum Gasteiger partial charge on any atom is -0.493 e. The summed E-state index contributed by atoms with van der Waals surface area (Å²) in [5, 5.41) is 7.05.